The predicted molar refractivity (Wildman–Crippen MR) is 76.1 cm³/mol. The Hall–Kier alpha value is -0.440. The van der Waals surface area contributed by atoms with Gasteiger partial charge in [0, 0.05) is 17.6 Å². The fraction of sp³-hybridized carbons (Fsp3) is 0.455. The SMILES string of the molecule is CN(C1CCS(=O)(=O)C1)S(=O)(=O)c1ccc(Br)cc1. The summed E-state index contributed by atoms with van der Waals surface area (Å²) in [6.07, 6.45) is 0.356. The molecule has 1 aliphatic rings. The van der Waals surface area contributed by atoms with Gasteiger partial charge in [0.2, 0.25) is 10.0 Å². The van der Waals surface area contributed by atoms with Crippen molar-refractivity contribution in [1.82, 2.24) is 4.31 Å². The van der Waals surface area contributed by atoms with Crippen LogP contribution in [0.15, 0.2) is 33.6 Å². The highest BCUT2D eigenvalue weighted by Gasteiger charge is 2.36. The van der Waals surface area contributed by atoms with Crippen molar-refractivity contribution < 1.29 is 16.8 Å². The summed E-state index contributed by atoms with van der Waals surface area (Å²) in [5.74, 6) is -0.0445. The number of halogens is 1. The molecule has 1 aromatic rings. The molecule has 1 fully saturated rings. The van der Waals surface area contributed by atoms with Gasteiger partial charge in [-0.15, -0.1) is 0 Å². The van der Waals surface area contributed by atoms with Gasteiger partial charge < -0.3 is 0 Å². The first kappa shape index (κ1) is 15.0. The fourth-order valence-corrected chi connectivity index (χ4v) is 5.55. The molecule has 1 heterocycles. The van der Waals surface area contributed by atoms with Gasteiger partial charge in [-0.25, -0.2) is 16.8 Å². The molecule has 1 aliphatic heterocycles. The van der Waals surface area contributed by atoms with Crippen molar-refractivity contribution in [1.29, 1.82) is 0 Å². The maximum absolute atomic E-state index is 12.4. The average molecular weight is 368 g/mol. The van der Waals surface area contributed by atoms with Crippen LogP contribution in [0.3, 0.4) is 0 Å². The van der Waals surface area contributed by atoms with Gasteiger partial charge in [0.1, 0.15) is 0 Å². The summed E-state index contributed by atoms with van der Waals surface area (Å²) in [7, 11) is -5.31. The van der Waals surface area contributed by atoms with E-state index in [1.807, 2.05) is 0 Å². The first-order chi connectivity index (χ1) is 8.72. The largest absolute Gasteiger partial charge is 0.243 e. The first-order valence-corrected chi connectivity index (χ1v) is 9.72. The van der Waals surface area contributed by atoms with Crippen molar-refractivity contribution in [2.75, 3.05) is 18.6 Å². The van der Waals surface area contributed by atoms with Crippen molar-refractivity contribution in [2.24, 2.45) is 0 Å². The van der Waals surface area contributed by atoms with Gasteiger partial charge in [0.05, 0.1) is 16.4 Å². The predicted octanol–water partition coefficient (Wildman–Crippen LogP) is 1.26. The maximum Gasteiger partial charge on any atom is 0.243 e. The smallest absolute Gasteiger partial charge is 0.229 e. The first-order valence-electron chi connectivity index (χ1n) is 5.66. The summed E-state index contributed by atoms with van der Waals surface area (Å²) in [4.78, 5) is 0.169. The van der Waals surface area contributed by atoms with Gasteiger partial charge in [-0.05, 0) is 30.7 Å². The Kier molecular flexibility index (Phi) is 4.06. The van der Waals surface area contributed by atoms with Crippen LogP contribution < -0.4 is 0 Å². The van der Waals surface area contributed by atoms with Crippen LogP contribution in [0.25, 0.3) is 0 Å². The Balaban J connectivity index is 2.27. The van der Waals surface area contributed by atoms with E-state index < -0.39 is 25.9 Å². The molecule has 1 unspecified atom stereocenters. The van der Waals surface area contributed by atoms with Gasteiger partial charge in [-0.1, -0.05) is 15.9 Å². The molecule has 0 radical (unpaired) electrons. The quantitative estimate of drug-likeness (QED) is 0.805. The number of hydrogen-bond acceptors (Lipinski definition) is 4. The zero-order valence-corrected chi connectivity index (χ0v) is 13.5. The van der Waals surface area contributed by atoms with Crippen LogP contribution in [-0.4, -0.2) is 45.7 Å². The summed E-state index contributed by atoms with van der Waals surface area (Å²) >= 11 is 3.24. The minimum atomic E-state index is -3.64. The molecule has 2 rings (SSSR count). The van der Waals surface area contributed by atoms with E-state index in [2.05, 4.69) is 15.9 Å². The maximum atomic E-state index is 12.4. The lowest BCUT2D eigenvalue weighted by Crippen LogP contribution is -2.37. The zero-order chi connectivity index (χ0) is 14.3. The van der Waals surface area contributed by atoms with E-state index in [4.69, 9.17) is 0 Å². The van der Waals surface area contributed by atoms with Crippen LogP contribution in [0.2, 0.25) is 0 Å². The van der Waals surface area contributed by atoms with Crippen LogP contribution in [0, 0.1) is 0 Å². The summed E-state index contributed by atoms with van der Waals surface area (Å²) in [6.45, 7) is 0. The van der Waals surface area contributed by atoms with Gasteiger partial charge >= 0.3 is 0 Å². The molecule has 1 saturated heterocycles. The molecule has 106 valence electrons. The number of rotatable bonds is 3. The molecule has 0 aromatic heterocycles. The minimum Gasteiger partial charge on any atom is -0.229 e. The van der Waals surface area contributed by atoms with Gasteiger partial charge in [-0.2, -0.15) is 4.31 Å². The molecule has 1 aromatic carbocycles. The van der Waals surface area contributed by atoms with Crippen LogP contribution in [0.4, 0.5) is 0 Å². The van der Waals surface area contributed by atoms with Crippen LogP contribution >= 0.6 is 15.9 Å². The third-order valence-electron chi connectivity index (χ3n) is 3.21. The number of nitrogens with zero attached hydrogens (tertiary/aromatic N) is 1. The Morgan fingerprint density at radius 2 is 1.84 bits per heavy atom. The fourth-order valence-electron chi connectivity index (χ4n) is 2.03. The third kappa shape index (κ3) is 3.18. The van der Waals surface area contributed by atoms with Crippen molar-refractivity contribution >= 4 is 35.8 Å². The lowest BCUT2D eigenvalue weighted by molar-refractivity contribution is 0.394. The molecule has 0 amide bonds. The summed E-state index contributed by atoms with van der Waals surface area (Å²) in [6, 6.07) is 5.82. The highest BCUT2D eigenvalue weighted by molar-refractivity contribution is 9.10. The molecular weight excluding hydrogens is 354 g/mol. The Bertz CT molecular complexity index is 667. The molecule has 0 bridgehead atoms. The van der Waals surface area contributed by atoms with Crippen molar-refractivity contribution in [3.63, 3.8) is 0 Å². The number of sulfone groups is 1. The van der Waals surface area contributed by atoms with Crippen molar-refractivity contribution in [3.8, 4) is 0 Å². The van der Waals surface area contributed by atoms with Gasteiger partial charge in [0.15, 0.2) is 9.84 Å². The van der Waals surface area contributed by atoms with E-state index in [1.54, 1.807) is 12.1 Å². The Morgan fingerprint density at radius 1 is 1.26 bits per heavy atom. The van der Waals surface area contributed by atoms with Gasteiger partial charge in [0.25, 0.3) is 0 Å². The van der Waals surface area contributed by atoms with Crippen molar-refractivity contribution in [2.45, 2.75) is 17.4 Å². The van der Waals surface area contributed by atoms with E-state index in [0.717, 1.165) is 4.47 Å². The summed E-state index contributed by atoms with van der Waals surface area (Å²) in [5, 5.41) is 0. The molecule has 19 heavy (non-hydrogen) atoms. The highest BCUT2D eigenvalue weighted by Crippen LogP contribution is 2.24. The highest BCUT2D eigenvalue weighted by atomic mass is 79.9. The summed E-state index contributed by atoms with van der Waals surface area (Å²) < 4.78 is 49.5. The Morgan fingerprint density at radius 3 is 2.32 bits per heavy atom. The minimum absolute atomic E-state index is 0.0534. The van der Waals surface area contributed by atoms with E-state index in [9.17, 15) is 16.8 Å². The number of sulfonamides is 1. The molecule has 0 saturated carbocycles. The van der Waals surface area contributed by atoms with Gasteiger partial charge in [-0.3, -0.25) is 0 Å². The number of hydrogen-bond donors (Lipinski definition) is 0. The standard InChI is InChI=1S/C11H14BrNO4S2/c1-13(10-6-7-18(14,15)8-10)19(16,17)11-4-2-9(12)3-5-11/h2-5,10H,6-8H2,1H3. The van der Waals surface area contributed by atoms with Crippen LogP contribution in [0.1, 0.15) is 6.42 Å². The summed E-state index contributed by atoms with van der Waals surface area (Å²) in [5.41, 5.74) is 0. The normalized spacial score (nSPS) is 22.8. The molecule has 8 heteroatoms. The zero-order valence-electron chi connectivity index (χ0n) is 10.3. The van der Waals surface area contributed by atoms with E-state index in [-0.39, 0.29) is 16.4 Å². The molecule has 0 aliphatic carbocycles. The second-order valence-corrected chi connectivity index (χ2v) is 9.67. The lowest BCUT2D eigenvalue weighted by atomic mass is 10.3. The van der Waals surface area contributed by atoms with Crippen LogP contribution in [0.5, 0.6) is 0 Å². The third-order valence-corrected chi connectivity index (χ3v) is 7.42. The molecular formula is C11H14BrNO4S2. The molecule has 0 spiro atoms. The Labute approximate surface area is 121 Å². The average Bonchev–Trinajstić information content (AvgIpc) is 2.69. The second kappa shape index (κ2) is 5.16. The molecule has 5 nitrogen and oxygen atoms in total. The van der Waals surface area contributed by atoms with Crippen LogP contribution in [-0.2, 0) is 19.9 Å². The van der Waals surface area contributed by atoms with E-state index in [0.29, 0.717) is 6.42 Å². The molecule has 1 atom stereocenters. The van der Waals surface area contributed by atoms with E-state index in [1.165, 1.54) is 23.5 Å². The van der Waals surface area contributed by atoms with E-state index >= 15 is 0 Å². The monoisotopic (exact) mass is 367 g/mol. The van der Waals surface area contributed by atoms with Crippen molar-refractivity contribution in [3.05, 3.63) is 28.7 Å². The topological polar surface area (TPSA) is 71.5 Å². The lowest BCUT2D eigenvalue weighted by Gasteiger charge is -2.22. The molecule has 0 N–H and O–H groups in total. The second-order valence-electron chi connectivity index (χ2n) is 4.53. The number of benzene rings is 1.